The van der Waals surface area contributed by atoms with Crippen molar-refractivity contribution in [3.05, 3.63) is 76.8 Å². The summed E-state index contributed by atoms with van der Waals surface area (Å²) in [5.74, 6) is -2.71. The third-order valence-corrected chi connectivity index (χ3v) is 4.43. The Labute approximate surface area is 174 Å². The summed E-state index contributed by atoms with van der Waals surface area (Å²) in [7, 11) is 0. The van der Waals surface area contributed by atoms with E-state index in [1.165, 1.54) is 48.5 Å². The Morgan fingerprint density at radius 2 is 1.77 bits per heavy atom. The maximum absolute atomic E-state index is 12.9. The number of esters is 1. The zero-order chi connectivity index (χ0) is 22.1. The number of carbonyl (C=O) groups is 4. The van der Waals surface area contributed by atoms with E-state index in [1.807, 2.05) is 0 Å². The first-order valence-electron chi connectivity index (χ1n) is 9.02. The molecule has 4 rings (SSSR count). The molecule has 2 aromatic carbocycles. The lowest BCUT2D eigenvalue weighted by molar-refractivity contribution is -0.119. The van der Waals surface area contributed by atoms with Crippen LogP contribution < -0.4 is 10.2 Å². The number of hydrogen-bond acceptors (Lipinski definition) is 7. The van der Waals surface area contributed by atoms with Crippen LogP contribution in [0.5, 0.6) is 0 Å². The molecule has 0 atom stereocenters. The number of amides is 3. The molecule has 0 unspecified atom stereocenters. The van der Waals surface area contributed by atoms with Gasteiger partial charge in [-0.2, -0.15) is 0 Å². The molecule has 31 heavy (non-hydrogen) atoms. The summed E-state index contributed by atoms with van der Waals surface area (Å²) in [6, 6.07) is 10.4. The van der Waals surface area contributed by atoms with Gasteiger partial charge in [0, 0.05) is 11.8 Å². The Kier molecular flexibility index (Phi) is 5.04. The van der Waals surface area contributed by atoms with Crippen molar-refractivity contribution < 1.29 is 32.8 Å². The quantitative estimate of drug-likeness (QED) is 0.495. The lowest BCUT2D eigenvalue weighted by Crippen LogP contribution is -2.29. The second-order valence-electron chi connectivity index (χ2n) is 6.63. The number of anilines is 2. The molecule has 9 nitrogen and oxygen atoms in total. The highest BCUT2D eigenvalue weighted by molar-refractivity contribution is 6.34. The third-order valence-electron chi connectivity index (χ3n) is 4.43. The molecule has 10 heteroatoms. The molecule has 0 saturated heterocycles. The van der Waals surface area contributed by atoms with Gasteiger partial charge in [0.05, 0.1) is 16.7 Å². The standard InChI is InChI=1S/C21H14FN3O6/c1-11-8-17(24-31-11)25-19(27)15-7-2-12(9-16(15)20(25)28)21(29)30-10-18(26)23-14-5-3-13(22)4-6-14/h2-9H,10H2,1H3,(H,23,26). The number of nitrogens with zero attached hydrogens (tertiary/aromatic N) is 2. The van der Waals surface area contributed by atoms with Gasteiger partial charge in [-0.15, -0.1) is 0 Å². The first-order valence-corrected chi connectivity index (χ1v) is 9.02. The second kappa shape index (κ2) is 7.82. The molecular weight excluding hydrogens is 409 g/mol. The van der Waals surface area contributed by atoms with E-state index in [2.05, 4.69) is 10.5 Å². The number of nitrogens with one attached hydrogen (secondary N) is 1. The van der Waals surface area contributed by atoms with Crippen LogP contribution in [-0.2, 0) is 9.53 Å². The van der Waals surface area contributed by atoms with Crippen molar-refractivity contribution in [2.75, 3.05) is 16.8 Å². The maximum Gasteiger partial charge on any atom is 0.338 e. The predicted octanol–water partition coefficient (Wildman–Crippen LogP) is 2.72. The largest absolute Gasteiger partial charge is 0.452 e. The van der Waals surface area contributed by atoms with Gasteiger partial charge in [0.25, 0.3) is 17.7 Å². The fourth-order valence-electron chi connectivity index (χ4n) is 2.98. The highest BCUT2D eigenvalue weighted by atomic mass is 19.1. The van der Waals surface area contributed by atoms with E-state index in [9.17, 15) is 23.6 Å². The van der Waals surface area contributed by atoms with Gasteiger partial charge in [0.1, 0.15) is 11.6 Å². The molecule has 0 spiro atoms. The molecule has 0 saturated carbocycles. The third kappa shape index (κ3) is 3.90. The topological polar surface area (TPSA) is 119 Å². The van der Waals surface area contributed by atoms with Gasteiger partial charge >= 0.3 is 5.97 Å². The van der Waals surface area contributed by atoms with E-state index in [1.54, 1.807) is 6.92 Å². The van der Waals surface area contributed by atoms with Crippen LogP contribution in [0.25, 0.3) is 0 Å². The van der Waals surface area contributed by atoms with Crippen LogP contribution in [0.2, 0.25) is 0 Å². The minimum atomic E-state index is -0.854. The lowest BCUT2D eigenvalue weighted by Gasteiger charge is -2.08. The minimum absolute atomic E-state index is 0.00679. The molecule has 1 aromatic heterocycles. The minimum Gasteiger partial charge on any atom is -0.452 e. The predicted molar refractivity (Wildman–Crippen MR) is 104 cm³/mol. The van der Waals surface area contributed by atoms with Crippen molar-refractivity contribution in [1.29, 1.82) is 0 Å². The molecule has 0 fully saturated rings. The summed E-state index contributed by atoms with van der Waals surface area (Å²) < 4.78 is 22.8. The number of carbonyl (C=O) groups excluding carboxylic acids is 4. The molecule has 1 N–H and O–H groups in total. The number of fused-ring (bicyclic) bond motifs is 1. The van der Waals surface area contributed by atoms with Crippen molar-refractivity contribution in [3.63, 3.8) is 0 Å². The number of ether oxygens (including phenoxy) is 1. The summed E-state index contributed by atoms with van der Waals surface area (Å²) >= 11 is 0. The normalized spacial score (nSPS) is 12.6. The smallest absolute Gasteiger partial charge is 0.338 e. The highest BCUT2D eigenvalue weighted by Crippen LogP contribution is 2.29. The summed E-state index contributed by atoms with van der Waals surface area (Å²) in [6.07, 6.45) is 0. The van der Waals surface area contributed by atoms with Crippen LogP contribution in [0.15, 0.2) is 53.1 Å². The van der Waals surface area contributed by atoms with Crippen LogP contribution in [0.4, 0.5) is 15.9 Å². The maximum atomic E-state index is 12.9. The molecule has 1 aliphatic rings. The average molecular weight is 423 g/mol. The molecule has 1 aliphatic heterocycles. The molecule has 3 aromatic rings. The first-order chi connectivity index (χ1) is 14.8. The van der Waals surface area contributed by atoms with Crippen molar-refractivity contribution in [1.82, 2.24) is 5.16 Å². The molecule has 0 aliphatic carbocycles. The molecule has 3 amide bonds. The van der Waals surface area contributed by atoms with Crippen molar-refractivity contribution in [2.45, 2.75) is 6.92 Å². The van der Waals surface area contributed by atoms with Crippen LogP contribution in [0.1, 0.15) is 36.8 Å². The van der Waals surface area contributed by atoms with E-state index < -0.39 is 36.1 Å². The van der Waals surface area contributed by atoms with E-state index >= 15 is 0 Å². The molecular formula is C21H14FN3O6. The van der Waals surface area contributed by atoms with Crippen molar-refractivity contribution in [2.24, 2.45) is 0 Å². The number of aromatic nitrogens is 1. The molecule has 0 radical (unpaired) electrons. The van der Waals surface area contributed by atoms with E-state index in [4.69, 9.17) is 9.26 Å². The Bertz CT molecular complexity index is 1220. The summed E-state index contributed by atoms with van der Waals surface area (Å²) in [5.41, 5.74) is 0.451. The number of imide groups is 1. The number of aryl methyl sites for hydroxylation is 1. The lowest BCUT2D eigenvalue weighted by atomic mass is 10.1. The number of halogens is 1. The van der Waals surface area contributed by atoms with Crippen LogP contribution in [0, 0.1) is 12.7 Å². The number of hydrogen-bond donors (Lipinski definition) is 1. The van der Waals surface area contributed by atoms with Gasteiger partial charge in [0.15, 0.2) is 12.4 Å². The SMILES string of the molecule is Cc1cc(N2C(=O)c3ccc(C(=O)OCC(=O)Nc4ccc(F)cc4)cc3C2=O)no1. The van der Waals surface area contributed by atoms with Gasteiger partial charge in [-0.3, -0.25) is 14.4 Å². The fourth-order valence-corrected chi connectivity index (χ4v) is 2.98. The van der Waals surface area contributed by atoms with E-state index in [0.29, 0.717) is 11.4 Å². The van der Waals surface area contributed by atoms with Crippen molar-refractivity contribution >= 4 is 35.2 Å². The molecule has 156 valence electrons. The highest BCUT2D eigenvalue weighted by Gasteiger charge is 2.38. The van der Waals surface area contributed by atoms with Gasteiger partial charge in [0.2, 0.25) is 0 Å². The van der Waals surface area contributed by atoms with Gasteiger partial charge in [-0.1, -0.05) is 5.16 Å². The Morgan fingerprint density at radius 3 is 2.45 bits per heavy atom. The van der Waals surface area contributed by atoms with E-state index in [0.717, 1.165) is 4.90 Å². The second-order valence-corrected chi connectivity index (χ2v) is 6.63. The summed E-state index contributed by atoms with van der Waals surface area (Å²) in [6.45, 7) is 1.03. The fraction of sp³-hybridized carbons (Fsp3) is 0.0952. The summed E-state index contributed by atoms with van der Waals surface area (Å²) in [4.78, 5) is 50.3. The molecule has 2 heterocycles. The molecule has 0 bridgehead atoms. The van der Waals surface area contributed by atoms with Crippen LogP contribution in [0.3, 0.4) is 0 Å². The average Bonchev–Trinajstić information content (AvgIpc) is 3.28. The number of benzene rings is 2. The summed E-state index contributed by atoms with van der Waals surface area (Å²) in [5, 5.41) is 6.13. The Balaban J connectivity index is 1.43. The Hall–Kier alpha value is -4.34. The monoisotopic (exact) mass is 423 g/mol. The zero-order valence-electron chi connectivity index (χ0n) is 16.0. The van der Waals surface area contributed by atoms with Crippen molar-refractivity contribution in [3.8, 4) is 0 Å². The first kappa shape index (κ1) is 20.0. The van der Waals surface area contributed by atoms with Gasteiger partial charge < -0.3 is 14.6 Å². The van der Waals surface area contributed by atoms with Crippen LogP contribution in [-0.4, -0.2) is 35.5 Å². The van der Waals surface area contributed by atoms with Gasteiger partial charge in [-0.05, 0) is 49.4 Å². The Morgan fingerprint density at radius 1 is 1.06 bits per heavy atom. The number of rotatable bonds is 5. The zero-order valence-corrected chi connectivity index (χ0v) is 16.0. The van der Waals surface area contributed by atoms with Gasteiger partial charge in [-0.25, -0.2) is 14.1 Å². The van der Waals surface area contributed by atoms with E-state index in [-0.39, 0.29) is 22.5 Å². The van der Waals surface area contributed by atoms with Crippen LogP contribution >= 0.6 is 0 Å².